The van der Waals surface area contributed by atoms with Crippen LogP contribution in [0.2, 0.25) is 0 Å². The highest BCUT2D eigenvalue weighted by Crippen LogP contribution is 1.90. The molecule has 1 atom stereocenters. The van der Waals surface area contributed by atoms with Crippen molar-refractivity contribution in [1.29, 1.82) is 0 Å². The number of carbonyl (C=O) groups is 1. The minimum atomic E-state index is -1.12. The SMILES string of the molecule is C=CCOC(=O)C(O)CS. The fourth-order valence-corrected chi connectivity index (χ4v) is 0.461. The molecule has 0 amide bonds. The molecule has 10 heavy (non-hydrogen) atoms. The third-order valence-corrected chi connectivity index (χ3v) is 1.13. The van der Waals surface area contributed by atoms with Crippen molar-refractivity contribution in [3.8, 4) is 0 Å². The molecule has 0 bridgehead atoms. The van der Waals surface area contributed by atoms with Gasteiger partial charge in [-0.05, 0) is 0 Å². The summed E-state index contributed by atoms with van der Waals surface area (Å²) in [4.78, 5) is 10.6. The highest BCUT2D eigenvalue weighted by atomic mass is 32.1. The molecule has 0 aliphatic heterocycles. The maximum Gasteiger partial charge on any atom is 0.336 e. The molecule has 3 nitrogen and oxygen atoms in total. The van der Waals surface area contributed by atoms with Crippen molar-refractivity contribution >= 4 is 18.6 Å². The third-order valence-electron chi connectivity index (χ3n) is 0.788. The normalized spacial score (nSPS) is 12.2. The molecule has 0 aromatic rings. The smallest absolute Gasteiger partial charge is 0.336 e. The molecule has 1 N–H and O–H groups in total. The van der Waals surface area contributed by atoms with Crippen LogP contribution in [0.4, 0.5) is 0 Å². The Labute approximate surface area is 65.1 Å². The molecule has 0 saturated carbocycles. The van der Waals surface area contributed by atoms with E-state index in [2.05, 4.69) is 23.9 Å². The van der Waals surface area contributed by atoms with Gasteiger partial charge in [-0.3, -0.25) is 0 Å². The molecule has 0 aromatic carbocycles. The average Bonchev–Trinajstić information content (AvgIpc) is 1.98. The summed E-state index contributed by atoms with van der Waals surface area (Å²) in [5, 5.41) is 8.77. The molecule has 0 aliphatic rings. The third kappa shape index (κ3) is 3.53. The first-order valence-corrected chi connectivity index (χ1v) is 3.42. The van der Waals surface area contributed by atoms with Crippen molar-refractivity contribution < 1.29 is 14.6 Å². The summed E-state index contributed by atoms with van der Waals surface area (Å²) in [6, 6.07) is 0. The predicted molar refractivity (Wildman–Crippen MR) is 41.0 cm³/mol. The minimum absolute atomic E-state index is 0.0793. The number of aliphatic hydroxyl groups excluding tert-OH is 1. The first-order valence-electron chi connectivity index (χ1n) is 2.78. The highest BCUT2D eigenvalue weighted by Gasteiger charge is 2.12. The van der Waals surface area contributed by atoms with Gasteiger partial charge in [0.1, 0.15) is 6.61 Å². The van der Waals surface area contributed by atoms with Gasteiger partial charge in [-0.1, -0.05) is 12.7 Å². The minimum Gasteiger partial charge on any atom is -0.460 e. The van der Waals surface area contributed by atoms with Gasteiger partial charge in [0.25, 0.3) is 0 Å². The number of rotatable bonds is 4. The Balaban J connectivity index is 3.51. The first-order chi connectivity index (χ1) is 4.72. The molecular weight excluding hydrogens is 152 g/mol. The van der Waals surface area contributed by atoms with Crippen LogP contribution in [0.3, 0.4) is 0 Å². The van der Waals surface area contributed by atoms with Crippen molar-refractivity contribution in [2.75, 3.05) is 12.4 Å². The van der Waals surface area contributed by atoms with E-state index < -0.39 is 12.1 Å². The molecule has 1 unspecified atom stereocenters. The standard InChI is InChI=1S/C6H10O3S/c1-2-3-9-6(8)5(7)4-10/h2,5,7,10H,1,3-4H2. The van der Waals surface area contributed by atoms with Crippen LogP contribution in [0.5, 0.6) is 0 Å². The number of thiol groups is 1. The zero-order chi connectivity index (χ0) is 7.98. The Morgan fingerprint density at radius 3 is 2.90 bits per heavy atom. The van der Waals surface area contributed by atoms with Crippen LogP contribution in [-0.4, -0.2) is 29.5 Å². The number of hydrogen-bond acceptors (Lipinski definition) is 4. The quantitative estimate of drug-likeness (QED) is 0.347. The average molecular weight is 162 g/mol. The summed E-state index contributed by atoms with van der Waals surface area (Å²) in [5.41, 5.74) is 0. The van der Waals surface area contributed by atoms with E-state index in [0.717, 1.165) is 0 Å². The van der Waals surface area contributed by atoms with Gasteiger partial charge in [0.15, 0.2) is 6.10 Å². The summed E-state index contributed by atoms with van der Waals surface area (Å²) >= 11 is 3.70. The Kier molecular flexibility index (Phi) is 5.06. The Bertz CT molecular complexity index is 124. The van der Waals surface area contributed by atoms with E-state index in [4.69, 9.17) is 5.11 Å². The van der Waals surface area contributed by atoms with Crippen LogP contribution < -0.4 is 0 Å². The summed E-state index contributed by atoms with van der Waals surface area (Å²) in [7, 11) is 0. The van der Waals surface area contributed by atoms with Crippen molar-refractivity contribution in [2.24, 2.45) is 0 Å². The molecule has 0 radical (unpaired) electrons. The second-order valence-electron chi connectivity index (χ2n) is 1.62. The van der Waals surface area contributed by atoms with Crippen LogP contribution in [-0.2, 0) is 9.53 Å². The molecular formula is C6H10O3S. The maximum atomic E-state index is 10.6. The fourth-order valence-electron chi connectivity index (χ4n) is 0.312. The number of ether oxygens (including phenoxy) is 1. The second kappa shape index (κ2) is 5.32. The summed E-state index contributed by atoms with van der Waals surface area (Å²) in [5.74, 6) is -0.578. The molecule has 0 aliphatic carbocycles. The highest BCUT2D eigenvalue weighted by molar-refractivity contribution is 7.80. The topological polar surface area (TPSA) is 46.5 Å². The summed E-state index contributed by atoms with van der Waals surface area (Å²) < 4.78 is 4.49. The molecule has 0 aromatic heterocycles. The van der Waals surface area contributed by atoms with Crippen LogP contribution in [0.15, 0.2) is 12.7 Å². The molecule has 0 spiro atoms. The summed E-state index contributed by atoms with van der Waals surface area (Å²) in [6.07, 6.45) is 0.312. The number of carbonyl (C=O) groups excluding carboxylic acids is 1. The molecule has 58 valence electrons. The van der Waals surface area contributed by atoms with E-state index >= 15 is 0 Å². The van der Waals surface area contributed by atoms with Gasteiger partial charge in [-0.15, -0.1) is 0 Å². The van der Waals surface area contributed by atoms with Gasteiger partial charge in [0, 0.05) is 5.75 Å². The Morgan fingerprint density at radius 1 is 1.90 bits per heavy atom. The second-order valence-corrected chi connectivity index (χ2v) is 1.98. The van der Waals surface area contributed by atoms with Crippen LogP contribution in [0.25, 0.3) is 0 Å². The van der Waals surface area contributed by atoms with Gasteiger partial charge >= 0.3 is 5.97 Å². The molecule has 0 heterocycles. The van der Waals surface area contributed by atoms with Gasteiger partial charge in [0.2, 0.25) is 0 Å². The van der Waals surface area contributed by atoms with E-state index in [9.17, 15) is 4.79 Å². The Morgan fingerprint density at radius 2 is 2.50 bits per heavy atom. The zero-order valence-corrected chi connectivity index (χ0v) is 6.38. The van der Waals surface area contributed by atoms with Gasteiger partial charge in [0.05, 0.1) is 0 Å². The summed E-state index contributed by atoms with van der Waals surface area (Å²) in [6.45, 7) is 3.47. The van der Waals surface area contributed by atoms with Crippen LogP contribution in [0, 0.1) is 0 Å². The number of aliphatic hydroxyl groups is 1. The Hall–Kier alpha value is -0.480. The lowest BCUT2D eigenvalue weighted by atomic mass is 10.4. The largest absolute Gasteiger partial charge is 0.460 e. The lowest BCUT2D eigenvalue weighted by Crippen LogP contribution is -2.24. The van der Waals surface area contributed by atoms with Crippen LogP contribution in [0.1, 0.15) is 0 Å². The predicted octanol–water partition coefficient (Wildman–Crippen LogP) is 0.00630. The van der Waals surface area contributed by atoms with E-state index in [-0.39, 0.29) is 12.4 Å². The van der Waals surface area contributed by atoms with Crippen molar-refractivity contribution in [3.05, 3.63) is 12.7 Å². The van der Waals surface area contributed by atoms with Gasteiger partial charge in [-0.2, -0.15) is 12.6 Å². The van der Waals surface area contributed by atoms with Crippen molar-refractivity contribution in [3.63, 3.8) is 0 Å². The molecule has 0 fully saturated rings. The molecule has 0 saturated heterocycles. The maximum absolute atomic E-state index is 10.6. The number of hydrogen-bond donors (Lipinski definition) is 2. The van der Waals surface area contributed by atoms with E-state index in [1.54, 1.807) is 0 Å². The van der Waals surface area contributed by atoms with Crippen molar-refractivity contribution in [1.82, 2.24) is 0 Å². The number of esters is 1. The lowest BCUT2D eigenvalue weighted by molar-refractivity contribution is -0.150. The van der Waals surface area contributed by atoms with Gasteiger partial charge < -0.3 is 9.84 Å². The lowest BCUT2D eigenvalue weighted by Gasteiger charge is -2.04. The van der Waals surface area contributed by atoms with Crippen LogP contribution >= 0.6 is 12.6 Å². The monoisotopic (exact) mass is 162 g/mol. The van der Waals surface area contributed by atoms with E-state index in [1.807, 2.05) is 0 Å². The van der Waals surface area contributed by atoms with E-state index in [0.29, 0.717) is 0 Å². The zero-order valence-electron chi connectivity index (χ0n) is 5.49. The van der Waals surface area contributed by atoms with Crippen molar-refractivity contribution in [2.45, 2.75) is 6.10 Å². The molecule has 4 heteroatoms. The fraction of sp³-hybridized carbons (Fsp3) is 0.500. The van der Waals surface area contributed by atoms with E-state index in [1.165, 1.54) is 6.08 Å². The van der Waals surface area contributed by atoms with Gasteiger partial charge in [-0.25, -0.2) is 4.79 Å². The molecule has 0 rings (SSSR count). The first kappa shape index (κ1) is 9.52.